The maximum Gasteiger partial charge on any atom is 0.173 e. The van der Waals surface area contributed by atoms with Crippen molar-refractivity contribution in [3.8, 4) is 5.69 Å². The van der Waals surface area contributed by atoms with E-state index in [9.17, 15) is 4.39 Å². The molecule has 1 unspecified atom stereocenters. The first-order valence-electron chi connectivity index (χ1n) is 6.46. The lowest BCUT2D eigenvalue weighted by molar-refractivity contribution is 0.475. The summed E-state index contributed by atoms with van der Waals surface area (Å²) in [6, 6.07) is 4.11. The lowest BCUT2D eigenvalue weighted by atomic mass is 10.2. The molecule has 0 aliphatic carbocycles. The molecular formula is C13H17ClFN5. The van der Waals surface area contributed by atoms with Gasteiger partial charge >= 0.3 is 0 Å². The average Bonchev–Trinajstić information content (AvgIpc) is 2.85. The molecule has 0 saturated heterocycles. The summed E-state index contributed by atoms with van der Waals surface area (Å²) >= 11 is 6.05. The second-order valence-corrected chi connectivity index (χ2v) is 5.48. The molecule has 5 nitrogen and oxygen atoms in total. The monoisotopic (exact) mass is 297 g/mol. The van der Waals surface area contributed by atoms with Gasteiger partial charge in [-0.25, -0.2) is 4.39 Å². The molecule has 2 rings (SSSR count). The van der Waals surface area contributed by atoms with E-state index in [1.165, 1.54) is 16.8 Å². The van der Waals surface area contributed by atoms with Crippen molar-refractivity contribution < 1.29 is 4.39 Å². The number of aromatic nitrogens is 4. The maximum absolute atomic E-state index is 13.1. The van der Waals surface area contributed by atoms with Gasteiger partial charge < -0.3 is 5.32 Å². The van der Waals surface area contributed by atoms with Crippen molar-refractivity contribution in [3.63, 3.8) is 0 Å². The Labute approximate surface area is 122 Å². The zero-order chi connectivity index (χ0) is 14.7. The summed E-state index contributed by atoms with van der Waals surface area (Å²) in [5.74, 6) is 0.773. The summed E-state index contributed by atoms with van der Waals surface area (Å²) in [4.78, 5) is 0. The zero-order valence-electron chi connectivity index (χ0n) is 11.6. The van der Waals surface area contributed by atoms with E-state index >= 15 is 0 Å². The van der Waals surface area contributed by atoms with Crippen molar-refractivity contribution >= 4 is 11.6 Å². The predicted molar refractivity (Wildman–Crippen MR) is 75.4 cm³/mol. The number of hydrogen-bond donors (Lipinski definition) is 1. The van der Waals surface area contributed by atoms with Crippen LogP contribution in [0.5, 0.6) is 0 Å². The molecule has 1 atom stereocenters. The molecule has 0 saturated carbocycles. The highest BCUT2D eigenvalue weighted by molar-refractivity contribution is 6.32. The summed E-state index contributed by atoms with van der Waals surface area (Å²) < 4.78 is 14.6. The highest BCUT2D eigenvalue weighted by Gasteiger charge is 2.17. The first kappa shape index (κ1) is 14.9. The number of hydrogen-bond acceptors (Lipinski definition) is 4. The molecule has 1 heterocycles. The summed E-state index contributed by atoms with van der Waals surface area (Å²) in [5, 5.41) is 15.3. The third-order valence-corrected chi connectivity index (χ3v) is 3.15. The molecule has 0 aliphatic rings. The number of rotatable bonds is 5. The van der Waals surface area contributed by atoms with E-state index in [0.717, 1.165) is 6.54 Å². The molecule has 108 valence electrons. The van der Waals surface area contributed by atoms with Gasteiger partial charge in [0, 0.05) is 0 Å². The lowest BCUT2D eigenvalue weighted by Gasteiger charge is -2.15. The second kappa shape index (κ2) is 6.28. The van der Waals surface area contributed by atoms with Crippen molar-refractivity contribution in [1.29, 1.82) is 0 Å². The Bertz CT molecular complexity index is 584. The largest absolute Gasteiger partial charge is 0.307 e. The van der Waals surface area contributed by atoms with Crippen molar-refractivity contribution in [3.05, 3.63) is 34.9 Å². The minimum absolute atomic E-state index is 0.0338. The predicted octanol–water partition coefficient (Wildman–Crippen LogP) is 2.76. The Kier molecular flexibility index (Phi) is 4.67. The van der Waals surface area contributed by atoms with Gasteiger partial charge in [-0.05, 0) is 48.0 Å². The van der Waals surface area contributed by atoms with E-state index < -0.39 is 0 Å². The van der Waals surface area contributed by atoms with Gasteiger partial charge in [0.2, 0.25) is 0 Å². The fraction of sp³-hybridized carbons (Fsp3) is 0.462. The molecule has 1 aromatic heterocycles. The molecule has 0 aliphatic heterocycles. The topological polar surface area (TPSA) is 55.6 Å². The lowest BCUT2D eigenvalue weighted by Crippen LogP contribution is -2.25. The van der Waals surface area contributed by atoms with Crippen LogP contribution in [0.2, 0.25) is 5.02 Å². The fourth-order valence-electron chi connectivity index (χ4n) is 1.79. The zero-order valence-corrected chi connectivity index (χ0v) is 12.4. The molecule has 0 fully saturated rings. The van der Waals surface area contributed by atoms with E-state index in [2.05, 4.69) is 34.7 Å². The summed E-state index contributed by atoms with van der Waals surface area (Å²) in [6.07, 6.45) is 0. The van der Waals surface area contributed by atoms with E-state index in [1.54, 1.807) is 6.07 Å². The molecule has 20 heavy (non-hydrogen) atoms. The average molecular weight is 298 g/mol. The second-order valence-electron chi connectivity index (χ2n) is 5.07. The number of nitrogens with zero attached hydrogens (tertiary/aromatic N) is 4. The van der Waals surface area contributed by atoms with Crippen molar-refractivity contribution in [1.82, 2.24) is 25.5 Å². The van der Waals surface area contributed by atoms with Crippen molar-refractivity contribution in [2.45, 2.75) is 26.8 Å². The normalized spacial score (nSPS) is 12.9. The van der Waals surface area contributed by atoms with Crippen LogP contribution in [0.3, 0.4) is 0 Å². The molecule has 0 spiro atoms. The van der Waals surface area contributed by atoms with Gasteiger partial charge in [0.25, 0.3) is 0 Å². The third-order valence-electron chi connectivity index (χ3n) is 2.85. The van der Waals surface area contributed by atoms with Crippen LogP contribution in [0.25, 0.3) is 5.69 Å². The van der Waals surface area contributed by atoms with Crippen LogP contribution < -0.4 is 5.32 Å². The smallest absolute Gasteiger partial charge is 0.173 e. The van der Waals surface area contributed by atoms with Crippen LogP contribution in [0.4, 0.5) is 4.39 Å². The number of halogens is 2. The van der Waals surface area contributed by atoms with Crippen LogP contribution in [-0.2, 0) is 0 Å². The highest BCUT2D eigenvalue weighted by Crippen LogP contribution is 2.23. The van der Waals surface area contributed by atoms with Gasteiger partial charge in [0.05, 0.1) is 16.8 Å². The first-order chi connectivity index (χ1) is 9.49. The van der Waals surface area contributed by atoms with Crippen molar-refractivity contribution in [2.24, 2.45) is 5.92 Å². The number of tetrazole rings is 1. The van der Waals surface area contributed by atoms with Crippen LogP contribution in [-0.4, -0.2) is 26.8 Å². The standard InChI is InChI=1S/C13H17ClFN5/c1-8(2)7-16-9(3)13-17-18-19-20(13)12-5-4-10(15)6-11(12)14/h4-6,8-9,16H,7H2,1-3H3. The van der Waals surface area contributed by atoms with Gasteiger partial charge in [0.15, 0.2) is 5.82 Å². The van der Waals surface area contributed by atoms with E-state index in [0.29, 0.717) is 17.4 Å². The Balaban J connectivity index is 2.28. The van der Waals surface area contributed by atoms with Gasteiger partial charge in [0.1, 0.15) is 5.82 Å². The molecule has 1 N–H and O–H groups in total. The van der Waals surface area contributed by atoms with Gasteiger partial charge in [-0.1, -0.05) is 25.4 Å². The van der Waals surface area contributed by atoms with Gasteiger partial charge in [-0.3, -0.25) is 0 Å². The fourth-order valence-corrected chi connectivity index (χ4v) is 2.04. The molecule has 0 bridgehead atoms. The SMILES string of the molecule is CC(C)CNC(C)c1nnnn1-c1ccc(F)cc1Cl. The highest BCUT2D eigenvalue weighted by atomic mass is 35.5. The minimum Gasteiger partial charge on any atom is -0.307 e. The molecule has 0 amide bonds. The summed E-state index contributed by atoms with van der Waals surface area (Å²) in [6.45, 7) is 7.08. The first-order valence-corrected chi connectivity index (χ1v) is 6.84. The molecule has 2 aromatic rings. The van der Waals surface area contributed by atoms with Gasteiger partial charge in [-0.2, -0.15) is 4.68 Å². The van der Waals surface area contributed by atoms with Crippen molar-refractivity contribution in [2.75, 3.05) is 6.54 Å². The Morgan fingerprint density at radius 2 is 2.10 bits per heavy atom. The summed E-state index contributed by atoms with van der Waals surface area (Å²) in [5.41, 5.74) is 0.561. The quantitative estimate of drug-likeness (QED) is 0.922. The Morgan fingerprint density at radius 3 is 2.75 bits per heavy atom. The Hall–Kier alpha value is -1.53. The third kappa shape index (κ3) is 3.32. The van der Waals surface area contributed by atoms with Crippen LogP contribution >= 0.6 is 11.6 Å². The van der Waals surface area contributed by atoms with E-state index in [-0.39, 0.29) is 16.9 Å². The number of nitrogens with one attached hydrogen (secondary N) is 1. The minimum atomic E-state index is -0.389. The molecule has 0 radical (unpaired) electrons. The van der Waals surface area contributed by atoms with Crippen LogP contribution in [0.15, 0.2) is 18.2 Å². The van der Waals surface area contributed by atoms with E-state index in [1.807, 2.05) is 6.92 Å². The van der Waals surface area contributed by atoms with Crippen LogP contribution in [0, 0.1) is 11.7 Å². The van der Waals surface area contributed by atoms with Crippen LogP contribution in [0.1, 0.15) is 32.6 Å². The Morgan fingerprint density at radius 1 is 1.35 bits per heavy atom. The maximum atomic E-state index is 13.1. The summed E-state index contributed by atoms with van der Waals surface area (Å²) in [7, 11) is 0. The molecule has 1 aromatic carbocycles. The van der Waals surface area contributed by atoms with Gasteiger partial charge in [-0.15, -0.1) is 5.10 Å². The number of benzene rings is 1. The van der Waals surface area contributed by atoms with E-state index in [4.69, 9.17) is 11.6 Å². The molecular weight excluding hydrogens is 281 g/mol. The molecule has 7 heteroatoms.